The Hall–Kier alpha value is -2.16. The number of hydrogen-bond donors (Lipinski definition) is 2. The summed E-state index contributed by atoms with van der Waals surface area (Å²) in [6.07, 6.45) is 0. The maximum atomic E-state index is 9.98. The lowest BCUT2D eigenvalue weighted by Crippen LogP contribution is -1.87. The third-order valence-corrected chi connectivity index (χ3v) is 3.13. The summed E-state index contributed by atoms with van der Waals surface area (Å²) in [5.41, 5.74) is 2.71. The van der Waals surface area contributed by atoms with Crippen molar-refractivity contribution in [1.29, 1.82) is 0 Å². The Bertz CT molecular complexity index is 713. The minimum absolute atomic E-state index is 0.201. The molecule has 0 bridgehead atoms. The van der Waals surface area contributed by atoms with Crippen LogP contribution in [0.2, 0.25) is 0 Å². The van der Waals surface area contributed by atoms with Crippen molar-refractivity contribution < 1.29 is 9.84 Å². The number of aromatic amines is 1. The molecule has 0 unspecified atom stereocenters. The highest BCUT2D eigenvalue weighted by Gasteiger charge is 2.14. The van der Waals surface area contributed by atoms with Crippen LogP contribution in [0, 0.1) is 6.92 Å². The fraction of sp³-hybridized carbons (Fsp3) is 0.143. The van der Waals surface area contributed by atoms with E-state index >= 15 is 0 Å². The van der Waals surface area contributed by atoms with E-state index in [-0.39, 0.29) is 5.75 Å². The van der Waals surface area contributed by atoms with Gasteiger partial charge < -0.3 is 14.8 Å². The molecule has 3 aromatic rings. The lowest BCUT2D eigenvalue weighted by atomic mass is 10.1. The number of fused-ring (bicyclic) bond motifs is 3. The van der Waals surface area contributed by atoms with E-state index in [0.29, 0.717) is 5.75 Å². The summed E-state index contributed by atoms with van der Waals surface area (Å²) in [7, 11) is 1.57. The van der Waals surface area contributed by atoms with Gasteiger partial charge in [-0.25, -0.2) is 0 Å². The molecule has 1 aromatic heterocycles. The van der Waals surface area contributed by atoms with Gasteiger partial charge in [-0.1, -0.05) is 18.2 Å². The number of aromatic hydroxyl groups is 1. The van der Waals surface area contributed by atoms with E-state index in [4.69, 9.17) is 4.74 Å². The molecule has 2 N–H and O–H groups in total. The van der Waals surface area contributed by atoms with E-state index in [9.17, 15) is 5.11 Å². The van der Waals surface area contributed by atoms with Gasteiger partial charge in [0.25, 0.3) is 0 Å². The second-order valence-corrected chi connectivity index (χ2v) is 4.17. The van der Waals surface area contributed by atoms with E-state index in [1.165, 1.54) is 0 Å². The molecule has 0 radical (unpaired) electrons. The number of hydrogen-bond acceptors (Lipinski definition) is 2. The van der Waals surface area contributed by atoms with Gasteiger partial charge in [-0.2, -0.15) is 0 Å². The number of ether oxygens (including phenoxy) is 1. The fourth-order valence-electron chi connectivity index (χ4n) is 2.27. The Labute approximate surface area is 98.6 Å². The molecule has 2 aromatic carbocycles. The van der Waals surface area contributed by atoms with E-state index < -0.39 is 0 Å². The summed E-state index contributed by atoms with van der Waals surface area (Å²) in [4.78, 5) is 3.28. The summed E-state index contributed by atoms with van der Waals surface area (Å²) in [6.45, 7) is 1.87. The quantitative estimate of drug-likeness (QED) is 0.669. The van der Waals surface area contributed by atoms with Crippen LogP contribution in [-0.2, 0) is 0 Å². The Balaban J connectivity index is 2.56. The third-order valence-electron chi connectivity index (χ3n) is 3.13. The zero-order chi connectivity index (χ0) is 12.0. The molecule has 1 heterocycles. The predicted molar refractivity (Wildman–Crippen MR) is 68.8 cm³/mol. The van der Waals surface area contributed by atoms with E-state index in [2.05, 4.69) is 11.1 Å². The molecule has 3 heteroatoms. The lowest BCUT2D eigenvalue weighted by Gasteiger charge is -2.07. The fourth-order valence-corrected chi connectivity index (χ4v) is 2.27. The molecule has 0 spiro atoms. The SMILES string of the molecule is COc1c(O)c(C)cc2c1[nH]c1ccccc12. The maximum Gasteiger partial charge on any atom is 0.185 e. The minimum Gasteiger partial charge on any atom is -0.504 e. The molecule has 0 aliphatic rings. The lowest BCUT2D eigenvalue weighted by molar-refractivity contribution is 0.375. The summed E-state index contributed by atoms with van der Waals surface area (Å²) < 4.78 is 5.29. The number of methoxy groups -OCH3 is 1. The van der Waals surface area contributed by atoms with Crippen LogP contribution in [0.3, 0.4) is 0 Å². The molecule has 17 heavy (non-hydrogen) atoms. The van der Waals surface area contributed by atoms with Gasteiger partial charge >= 0.3 is 0 Å². The number of H-pyrrole nitrogens is 1. The number of para-hydroxylation sites is 1. The average molecular weight is 227 g/mol. The zero-order valence-electron chi connectivity index (χ0n) is 9.74. The second-order valence-electron chi connectivity index (χ2n) is 4.17. The molecule has 3 nitrogen and oxygen atoms in total. The van der Waals surface area contributed by atoms with Crippen LogP contribution in [0.1, 0.15) is 5.56 Å². The maximum absolute atomic E-state index is 9.98. The van der Waals surface area contributed by atoms with E-state index in [0.717, 1.165) is 27.4 Å². The van der Waals surface area contributed by atoms with Crippen molar-refractivity contribution in [1.82, 2.24) is 4.98 Å². The van der Waals surface area contributed by atoms with Crippen molar-refractivity contribution in [2.24, 2.45) is 0 Å². The number of phenols is 1. The first-order valence-electron chi connectivity index (χ1n) is 5.49. The molecule has 86 valence electrons. The first kappa shape index (κ1) is 10.0. The molecule has 0 saturated carbocycles. The standard InChI is InChI=1S/C14H13NO2/c1-8-7-10-9-5-3-4-6-11(9)15-12(10)14(17-2)13(8)16/h3-7,15-16H,1-2H3. The smallest absolute Gasteiger partial charge is 0.185 e. The molecule has 0 aliphatic heterocycles. The Morgan fingerprint density at radius 1 is 1.18 bits per heavy atom. The minimum atomic E-state index is 0.201. The normalized spacial score (nSPS) is 11.2. The molecule has 0 amide bonds. The van der Waals surface area contributed by atoms with Crippen molar-refractivity contribution in [3.05, 3.63) is 35.9 Å². The van der Waals surface area contributed by atoms with Crippen LogP contribution < -0.4 is 4.74 Å². The summed E-state index contributed by atoms with van der Waals surface area (Å²) in [5, 5.41) is 12.2. The van der Waals surface area contributed by atoms with Crippen molar-refractivity contribution in [2.45, 2.75) is 6.92 Å². The van der Waals surface area contributed by atoms with Crippen molar-refractivity contribution in [3.63, 3.8) is 0 Å². The van der Waals surface area contributed by atoms with Crippen LogP contribution in [0.15, 0.2) is 30.3 Å². The number of aryl methyl sites for hydroxylation is 1. The first-order chi connectivity index (χ1) is 8.22. The second kappa shape index (κ2) is 3.42. The van der Waals surface area contributed by atoms with E-state index in [1.807, 2.05) is 31.2 Å². The largest absolute Gasteiger partial charge is 0.504 e. The monoisotopic (exact) mass is 227 g/mol. The Morgan fingerprint density at radius 3 is 2.71 bits per heavy atom. The van der Waals surface area contributed by atoms with Gasteiger partial charge in [-0.15, -0.1) is 0 Å². The zero-order valence-corrected chi connectivity index (χ0v) is 9.74. The third kappa shape index (κ3) is 1.29. The van der Waals surface area contributed by atoms with Gasteiger partial charge in [-0.05, 0) is 24.6 Å². The molecule has 0 fully saturated rings. The topological polar surface area (TPSA) is 45.2 Å². The van der Waals surface area contributed by atoms with Gasteiger partial charge in [-0.3, -0.25) is 0 Å². The van der Waals surface area contributed by atoms with Crippen molar-refractivity contribution >= 4 is 21.8 Å². The van der Waals surface area contributed by atoms with Gasteiger partial charge in [0.1, 0.15) is 0 Å². The van der Waals surface area contributed by atoms with E-state index in [1.54, 1.807) is 7.11 Å². The van der Waals surface area contributed by atoms with Gasteiger partial charge in [0.15, 0.2) is 11.5 Å². The number of benzene rings is 2. The van der Waals surface area contributed by atoms with Crippen molar-refractivity contribution in [3.8, 4) is 11.5 Å². The van der Waals surface area contributed by atoms with Gasteiger partial charge in [0, 0.05) is 16.3 Å². The van der Waals surface area contributed by atoms with Gasteiger partial charge in [0.2, 0.25) is 0 Å². The summed E-state index contributed by atoms with van der Waals surface area (Å²) in [6, 6.07) is 10.0. The highest BCUT2D eigenvalue weighted by molar-refractivity contribution is 6.10. The predicted octanol–water partition coefficient (Wildman–Crippen LogP) is 3.34. The molecule has 0 atom stereocenters. The van der Waals surface area contributed by atoms with Crippen LogP contribution >= 0.6 is 0 Å². The Kier molecular flexibility index (Phi) is 2.01. The molecule has 0 aliphatic carbocycles. The number of aromatic nitrogens is 1. The number of rotatable bonds is 1. The molecule has 0 saturated heterocycles. The first-order valence-corrected chi connectivity index (χ1v) is 5.49. The van der Waals surface area contributed by atoms with Crippen LogP contribution in [0.5, 0.6) is 11.5 Å². The molecule has 3 rings (SSSR count). The van der Waals surface area contributed by atoms with Crippen LogP contribution in [-0.4, -0.2) is 17.2 Å². The summed E-state index contributed by atoms with van der Waals surface area (Å²) >= 11 is 0. The highest BCUT2D eigenvalue weighted by Crippen LogP contribution is 2.40. The van der Waals surface area contributed by atoms with Crippen LogP contribution in [0.25, 0.3) is 21.8 Å². The average Bonchev–Trinajstić information content (AvgIpc) is 2.69. The number of phenolic OH excluding ortho intramolecular Hbond substituents is 1. The molecular weight excluding hydrogens is 214 g/mol. The van der Waals surface area contributed by atoms with Crippen LogP contribution in [0.4, 0.5) is 0 Å². The molecular formula is C14H13NO2. The van der Waals surface area contributed by atoms with Crippen molar-refractivity contribution in [2.75, 3.05) is 7.11 Å². The summed E-state index contributed by atoms with van der Waals surface area (Å²) in [5.74, 6) is 0.711. The Morgan fingerprint density at radius 2 is 1.94 bits per heavy atom. The highest BCUT2D eigenvalue weighted by atomic mass is 16.5. The number of nitrogens with one attached hydrogen (secondary N) is 1. The van der Waals surface area contributed by atoms with Gasteiger partial charge in [0.05, 0.1) is 12.6 Å².